The van der Waals surface area contributed by atoms with Crippen molar-refractivity contribution in [3.63, 3.8) is 0 Å². The predicted octanol–water partition coefficient (Wildman–Crippen LogP) is 2.25. The van der Waals surface area contributed by atoms with Gasteiger partial charge in [-0.15, -0.1) is 0 Å². The number of nitrogens with one attached hydrogen (secondary N) is 1. The van der Waals surface area contributed by atoms with Gasteiger partial charge in [0, 0.05) is 23.7 Å². The molecule has 0 saturated carbocycles. The van der Waals surface area contributed by atoms with Crippen molar-refractivity contribution in [2.24, 2.45) is 0 Å². The lowest BCUT2D eigenvalue weighted by molar-refractivity contribution is 0.284. The maximum atomic E-state index is 6.17. The molecule has 0 fully saturated rings. The monoisotopic (exact) mass is 280 g/mol. The van der Waals surface area contributed by atoms with Crippen molar-refractivity contribution in [3.8, 4) is 5.75 Å². The maximum Gasteiger partial charge on any atom is 0.164 e. The first-order valence-corrected chi connectivity index (χ1v) is 6.55. The molecule has 1 heterocycles. The highest BCUT2D eigenvalue weighted by molar-refractivity contribution is 6.31. The van der Waals surface area contributed by atoms with Crippen molar-refractivity contribution < 1.29 is 4.74 Å². The van der Waals surface area contributed by atoms with E-state index in [0.29, 0.717) is 18.2 Å². The molecule has 0 radical (unpaired) electrons. The van der Waals surface area contributed by atoms with E-state index in [1.807, 2.05) is 36.9 Å². The SMILES string of the molecule is CCn1ncnc1COc1cccc(Cl)c1CNC. The van der Waals surface area contributed by atoms with Crippen molar-refractivity contribution >= 4 is 11.6 Å². The number of aryl methyl sites for hydroxylation is 1. The molecule has 102 valence electrons. The zero-order chi connectivity index (χ0) is 13.7. The highest BCUT2D eigenvalue weighted by atomic mass is 35.5. The number of halogens is 1. The van der Waals surface area contributed by atoms with E-state index in [4.69, 9.17) is 16.3 Å². The maximum absolute atomic E-state index is 6.17. The van der Waals surface area contributed by atoms with Crippen molar-refractivity contribution in [1.29, 1.82) is 0 Å². The van der Waals surface area contributed by atoms with E-state index >= 15 is 0 Å². The minimum Gasteiger partial charge on any atom is -0.485 e. The first-order chi connectivity index (χ1) is 9.26. The summed E-state index contributed by atoms with van der Waals surface area (Å²) >= 11 is 6.17. The van der Waals surface area contributed by atoms with Crippen LogP contribution in [0.25, 0.3) is 0 Å². The number of rotatable bonds is 6. The van der Waals surface area contributed by atoms with E-state index < -0.39 is 0 Å². The van der Waals surface area contributed by atoms with E-state index in [0.717, 1.165) is 23.7 Å². The lowest BCUT2D eigenvalue weighted by Gasteiger charge is -2.12. The van der Waals surface area contributed by atoms with E-state index in [-0.39, 0.29) is 0 Å². The Morgan fingerprint density at radius 2 is 2.26 bits per heavy atom. The van der Waals surface area contributed by atoms with Gasteiger partial charge in [0.2, 0.25) is 0 Å². The molecule has 0 aliphatic rings. The van der Waals surface area contributed by atoms with Crippen LogP contribution in [0.1, 0.15) is 18.3 Å². The highest BCUT2D eigenvalue weighted by Gasteiger charge is 2.09. The van der Waals surface area contributed by atoms with E-state index in [1.165, 1.54) is 6.33 Å². The van der Waals surface area contributed by atoms with Crippen LogP contribution < -0.4 is 10.1 Å². The van der Waals surface area contributed by atoms with E-state index in [2.05, 4.69) is 15.4 Å². The minimum absolute atomic E-state index is 0.380. The second-order valence-electron chi connectivity index (χ2n) is 4.03. The summed E-state index contributed by atoms with van der Waals surface area (Å²) in [4.78, 5) is 4.18. The fourth-order valence-corrected chi connectivity index (χ4v) is 2.06. The Hall–Kier alpha value is -1.59. The fraction of sp³-hybridized carbons (Fsp3) is 0.385. The first-order valence-electron chi connectivity index (χ1n) is 6.17. The molecule has 0 bridgehead atoms. The Balaban J connectivity index is 2.13. The fourth-order valence-electron chi connectivity index (χ4n) is 1.83. The molecule has 2 rings (SSSR count). The summed E-state index contributed by atoms with van der Waals surface area (Å²) in [7, 11) is 1.88. The average Bonchev–Trinajstić information content (AvgIpc) is 2.87. The summed E-state index contributed by atoms with van der Waals surface area (Å²) < 4.78 is 7.62. The molecule has 0 spiro atoms. The number of hydrogen-bond acceptors (Lipinski definition) is 4. The number of hydrogen-bond donors (Lipinski definition) is 1. The number of benzene rings is 1. The summed E-state index contributed by atoms with van der Waals surface area (Å²) in [6.45, 7) is 3.84. The van der Waals surface area contributed by atoms with Crippen LogP contribution in [0.5, 0.6) is 5.75 Å². The molecule has 0 saturated heterocycles. The van der Waals surface area contributed by atoms with Crippen LogP contribution in [0.3, 0.4) is 0 Å². The molecule has 6 heteroatoms. The Bertz CT molecular complexity index is 541. The molecule has 5 nitrogen and oxygen atoms in total. The highest BCUT2D eigenvalue weighted by Crippen LogP contribution is 2.26. The van der Waals surface area contributed by atoms with Gasteiger partial charge >= 0.3 is 0 Å². The van der Waals surface area contributed by atoms with Crippen molar-refractivity contribution in [2.75, 3.05) is 7.05 Å². The quantitative estimate of drug-likeness (QED) is 0.882. The van der Waals surface area contributed by atoms with Gasteiger partial charge in [-0.05, 0) is 26.1 Å². The van der Waals surface area contributed by atoms with Gasteiger partial charge in [0.25, 0.3) is 0 Å². The average molecular weight is 281 g/mol. The first kappa shape index (κ1) is 13.8. The van der Waals surface area contributed by atoms with Gasteiger partial charge in [0.05, 0.1) is 0 Å². The molecule has 1 aromatic heterocycles. The molecule has 1 N–H and O–H groups in total. The van der Waals surface area contributed by atoms with Crippen LogP contribution in [0.2, 0.25) is 5.02 Å². The van der Waals surface area contributed by atoms with Crippen molar-refractivity contribution in [2.45, 2.75) is 26.6 Å². The van der Waals surface area contributed by atoms with Crippen LogP contribution >= 0.6 is 11.6 Å². The Morgan fingerprint density at radius 3 is 3.00 bits per heavy atom. The van der Waals surface area contributed by atoms with Gasteiger partial charge in [0.15, 0.2) is 5.82 Å². The number of nitrogens with zero attached hydrogens (tertiary/aromatic N) is 3. The smallest absolute Gasteiger partial charge is 0.164 e. The molecular formula is C13H17ClN4O. The third-order valence-electron chi connectivity index (χ3n) is 2.78. The molecule has 0 aliphatic heterocycles. The van der Waals surface area contributed by atoms with Crippen LogP contribution in [-0.2, 0) is 19.7 Å². The molecular weight excluding hydrogens is 264 g/mol. The van der Waals surface area contributed by atoms with E-state index in [1.54, 1.807) is 0 Å². The van der Waals surface area contributed by atoms with Crippen LogP contribution in [-0.4, -0.2) is 21.8 Å². The summed E-state index contributed by atoms with van der Waals surface area (Å²) in [5.74, 6) is 1.57. The predicted molar refractivity (Wildman–Crippen MR) is 74.2 cm³/mol. The molecule has 0 aliphatic carbocycles. The van der Waals surface area contributed by atoms with Gasteiger partial charge < -0.3 is 10.1 Å². The zero-order valence-corrected chi connectivity index (χ0v) is 11.8. The summed E-state index contributed by atoms with van der Waals surface area (Å²) in [5.41, 5.74) is 0.953. The summed E-state index contributed by atoms with van der Waals surface area (Å²) in [5, 5.41) is 7.89. The molecule has 0 atom stereocenters. The number of ether oxygens (including phenoxy) is 1. The molecule has 0 unspecified atom stereocenters. The van der Waals surface area contributed by atoms with Gasteiger partial charge in [-0.25, -0.2) is 9.67 Å². The lowest BCUT2D eigenvalue weighted by Crippen LogP contribution is -2.10. The van der Waals surface area contributed by atoms with Crippen molar-refractivity contribution in [3.05, 3.63) is 40.9 Å². The summed E-state index contributed by atoms with van der Waals surface area (Å²) in [6.07, 6.45) is 1.54. The Labute approximate surface area is 117 Å². The topological polar surface area (TPSA) is 52.0 Å². The largest absolute Gasteiger partial charge is 0.485 e. The van der Waals surface area contributed by atoms with Gasteiger partial charge in [-0.2, -0.15) is 5.10 Å². The molecule has 2 aromatic rings. The normalized spacial score (nSPS) is 10.7. The third-order valence-corrected chi connectivity index (χ3v) is 3.14. The minimum atomic E-state index is 0.380. The standard InChI is InChI=1S/C13H17ClN4O/c1-3-18-13(16-9-17-18)8-19-12-6-4-5-11(14)10(12)7-15-2/h4-6,9,15H,3,7-8H2,1-2H3. The van der Waals surface area contributed by atoms with Crippen LogP contribution in [0, 0.1) is 0 Å². The summed E-state index contributed by atoms with van der Waals surface area (Å²) in [6, 6.07) is 5.64. The second kappa shape index (κ2) is 6.54. The zero-order valence-electron chi connectivity index (χ0n) is 11.1. The Morgan fingerprint density at radius 1 is 1.42 bits per heavy atom. The third kappa shape index (κ3) is 3.24. The van der Waals surface area contributed by atoms with Crippen LogP contribution in [0.15, 0.2) is 24.5 Å². The van der Waals surface area contributed by atoms with Crippen molar-refractivity contribution in [1.82, 2.24) is 20.1 Å². The lowest BCUT2D eigenvalue weighted by atomic mass is 10.2. The molecule has 19 heavy (non-hydrogen) atoms. The van der Waals surface area contributed by atoms with E-state index in [9.17, 15) is 0 Å². The second-order valence-corrected chi connectivity index (χ2v) is 4.43. The van der Waals surface area contributed by atoms with Gasteiger partial charge in [-0.3, -0.25) is 0 Å². The van der Waals surface area contributed by atoms with Crippen LogP contribution in [0.4, 0.5) is 0 Å². The van der Waals surface area contributed by atoms with Gasteiger partial charge in [-0.1, -0.05) is 17.7 Å². The van der Waals surface area contributed by atoms with Gasteiger partial charge in [0.1, 0.15) is 18.7 Å². The molecule has 1 aromatic carbocycles. The number of aromatic nitrogens is 3. The molecule has 0 amide bonds. The Kier molecular flexibility index (Phi) is 4.76.